The molecule has 2 heterocycles. The number of Topliss-reactive ketones (excluding diaryl/α,β-unsaturated/α-hetero) is 1. The third-order valence-electron chi connectivity index (χ3n) is 2.90. The Morgan fingerprint density at radius 3 is 2.72 bits per heavy atom. The van der Waals surface area contributed by atoms with E-state index in [9.17, 15) is 4.79 Å². The van der Waals surface area contributed by atoms with E-state index in [0.29, 0.717) is 18.6 Å². The molecule has 0 amide bonds. The van der Waals surface area contributed by atoms with Gasteiger partial charge in [-0.25, -0.2) is 0 Å². The van der Waals surface area contributed by atoms with Crippen molar-refractivity contribution in [2.45, 2.75) is 12.8 Å². The summed E-state index contributed by atoms with van der Waals surface area (Å²) in [5.41, 5.74) is 1.16. The minimum atomic E-state index is 0.293. The van der Waals surface area contributed by atoms with Crippen LogP contribution in [0, 0.1) is 0 Å². The Bertz CT molecular complexity index is 665. The van der Waals surface area contributed by atoms with E-state index in [1.54, 1.807) is 22.7 Å². The number of hydrogen-bond acceptors (Lipinski definition) is 3. The standard InChI is InChI=1S/C15H12OS2/c16-12(9-13-4-3-7-17-13)8-11-10-18-15-6-2-1-5-14(11)15/h1-7,10H,8-9H2. The van der Waals surface area contributed by atoms with Crippen LogP contribution < -0.4 is 0 Å². The van der Waals surface area contributed by atoms with Gasteiger partial charge >= 0.3 is 0 Å². The second kappa shape index (κ2) is 5.04. The second-order valence-electron chi connectivity index (χ2n) is 4.23. The van der Waals surface area contributed by atoms with Crippen LogP contribution in [0.1, 0.15) is 10.4 Å². The maximum atomic E-state index is 12.0. The Morgan fingerprint density at radius 2 is 1.89 bits per heavy atom. The van der Waals surface area contributed by atoms with Gasteiger partial charge in [0.2, 0.25) is 0 Å². The molecule has 3 aromatic rings. The smallest absolute Gasteiger partial charge is 0.142 e. The van der Waals surface area contributed by atoms with Crippen LogP contribution >= 0.6 is 22.7 Å². The molecule has 0 atom stereocenters. The number of fused-ring (bicyclic) bond motifs is 1. The summed E-state index contributed by atoms with van der Waals surface area (Å²) in [6.45, 7) is 0. The molecule has 3 heteroatoms. The average Bonchev–Trinajstić information content (AvgIpc) is 3.00. The molecule has 90 valence electrons. The summed E-state index contributed by atoms with van der Waals surface area (Å²) in [6, 6.07) is 12.3. The first-order valence-corrected chi connectivity index (χ1v) is 7.58. The van der Waals surface area contributed by atoms with Crippen LogP contribution in [0.5, 0.6) is 0 Å². The summed E-state index contributed by atoms with van der Waals surface area (Å²) in [6.07, 6.45) is 1.10. The van der Waals surface area contributed by atoms with Gasteiger partial charge in [0.05, 0.1) is 0 Å². The molecule has 0 aliphatic carbocycles. The molecule has 0 fully saturated rings. The molecule has 18 heavy (non-hydrogen) atoms. The summed E-state index contributed by atoms with van der Waals surface area (Å²) >= 11 is 3.36. The lowest BCUT2D eigenvalue weighted by molar-refractivity contribution is -0.117. The summed E-state index contributed by atoms with van der Waals surface area (Å²) in [5, 5.41) is 5.35. The Balaban J connectivity index is 1.78. The van der Waals surface area contributed by atoms with Gasteiger partial charge in [0.25, 0.3) is 0 Å². The maximum absolute atomic E-state index is 12.0. The van der Waals surface area contributed by atoms with E-state index in [4.69, 9.17) is 0 Å². The van der Waals surface area contributed by atoms with Crippen LogP contribution in [0.3, 0.4) is 0 Å². The normalized spacial score (nSPS) is 10.9. The molecule has 1 aromatic carbocycles. The zero-order valence-corrected chi connectivity index (χ0v) is 11.4. The van der Waals surface area contributed by atoms with Crippen molar-refractivity contribution in [1.29, 1.82) is 0 Å². The summed E-state index contributed by atoms with van der Waals surface area (Å²) in [4.78, 5) is 13.2. The first-order chi connectivity index (χ1) is 8.83. The van der Waals surface area contributed by atoms with Gasteiger partial charge in [0.1, 0.15) is 5.78 Å². The molecular weight excluding hydrogens is 260 g/mol. The molecule has 2 aromatic heterocycles. The van der Waals surface area contributed by atoms with E-state index in [0.717, 1.165) is 10.4 Å². The van der Waals surface area contributed by atoms with Gasteiger partial charge in [-0.2, -0.15) is 0 Å². The molecule has 0 saturated heterocycles. The van der Waals surface area contributed by atoms with E-state index < -0.39 is 0 Å². The highest BCUT2D eigenvalue weighted by Crippen LogP contribution is 2.26. The highest BCUT2D eigenvalue weighted by atomic mass is 32.1. The Labute approximate surface area is 114 Å². The van der Waals surface area contributed by atoms with Crippen molar-refractivity contribution in [3.05, 3.63) is 57.6 Å². The number of hydrogen-bond donors (Lipinski definition) is 0. The monoisotopic (exact) mass is 272 g/mol. The number of thiophene rings is 2. The fourth-order valence-corrected chi connectivity index (χ4v) is 3.75. The highest BCUT2D eigenvalue weighted by molar-refractivity contribution is 7.17. The van der Waals surface area contributed by atoms with Gasteiger partial charge in [-0.15, -0.1) is 22.7 Å². The first kappa shape index (κ1) is 11.6. The number of carbonyl (C=O) groups is 1. The summed E-state index contributed by atoms with van der Waals surface area (Å²) in [5.74, 6) is 0.293. The molecule has 1 nitrogen and oxygen atoms in total. The van der Waals surface area contributed by atoms with Gasteiger partial charge in [-0.1, -0.05) is 24.3 Å². The lowest BCUT2D eigenvalue weighted by Crippen LogP contribution is -2.04. The van der Waals surface area contributed by atoms with Crippen LogP contribution in [0.4, 0.5) is 0 Å². The number of benzene rings is 1. The molecule has 0 aliphatic rings. The van der Waals surface area contributed by atoms with E-state index in [-0.39, 0.29) is 0 Å². The fraction of sp³-hybridized carbons (Fsp3) is 0.133. The third kappa shape index (κ3) is 2.37. The third-order valence-corrected chi connectivity index (χ3v) is 4.79. The van der Waals surface area contributed by atoms with E-state index in [1.165, 1.54) is 10.1 Å². The van der Waals surface area contributed by atoms with Gasteiger partial charge in [0, 0.05) is 22.4 Å². The van der Waals surface area contributed by atoms with E-state index >= 15 is 0 Å². The average molecular weight is 272 g/mol. The SMILES string of the molecule is O=C(Cc1cccs1)Cc1csc2ccccc12. The van der Waals surface area contributed by atoms with Crippen molar-refractivity contribution in [3.63, 3.8) is 0 Å². The van der Waals surface area contributed by atoms with Gasteiger partial charge in [0.15, 0.2) is 0 Å². The lowest BCUT2D eigenvalue weighted by atomic mass is 10.1. The zero-order valence-electron chi connectivity index (χ0n) is 9.76. The van der Waals surface area contributed by atoms with Crippen LogP contribution in [-0.4, -0.2) is 5.78 Å². The largest absolute Gasteiger partial charge is 0.299 e. The molecule has 0 bridgehead atoms. The zero-order chi connectivity index (χ0) is 12.4. The van der Waals surface area contributed by atoms with Crippen molar-refractivity contribution < 1.29 is 4.79 Å². The Kier molecular flexibility index (Phi) is 3.26. The molecule has 0 aliphatic heterocycles. The van der Waals surface area contributed by atoms with Crippen LogP contribution in [0.15, 0.2) is 47.2 Å². The van der Waals surface area contributed by atoms with Crippen LogP contribution in [0.25, 0.3) is 10.1 Å². The minimum Gasteiger partial charge on any atom is -0.299 e. The molecule has 0 N–H and O–H groups in total. The van der Waals surface area contributed by atoms with Crippen LogP contribution in [-0.2, 0) is 17.6 Å². The van der Waals surface area contributed by atoms with Crippen molar-refractivity contribution in [3.8, 4) is 0 Å². The lowest BCUT2D eigenvalue weighted by Gasteiger charge is -1.98. The molecule has 0 spiro atoms. The predicted octanol–water partition coefficient (Wildman–Crippen LogP) is 4.32. The summed E-state index contributed by atoms with van der Waals surface area (Å²) in [7, 11) is 0. The Hall–Kier alpha value is -1.45. The quantitative estimate of drug-likeness (QED) is 0.691. The molecule has 0 saturated carbocycles. The van der Waals surface area contributed by atoms with Crippen LogP contribution in [0.2, 0.25) is 0 Å². The first-order valence-electron chi connectivity index (χ1n) is 5.82. The fourth-order valence-electron chi connectivity index (χ4n) is 2.05. The van der Waals surface area contributed by atoms with Crippen molar-refractivity contribution in [1.82, 2.24) is 0 Å². The van der Waals surface area contributed by atoms with Crippen molar-refractivity contribution >= 4 is 38.5 Å². The molecule has 0 unspecified atom stereocenters. The number of ketones is 1. The number of rotatable bonds is 4. The van der Waals surface area contributed by atoms with E-state index in [1.807, 2.05) is 29.6 Å². The van der Waals surface area contributed by atoms with Gasteiger partial charge < -0.3 is 0 Å². The Morgan fingerprint density at radius 1 is 1.00 bits per heavy atom. The van der Waals surface area contributed by atoms with Gasteiger partial charge in [-0.05, 0) is 33.8 Å². The maximum Gasteiger partial charge on any atom is 0.142 e. The van der Waals surface area contributed by atoms with Crippen molar-refractivity contribution in [2.75, 3.05) is 0 Å². The molecule has 3 rings (SSSR count). The highest BCUT2D eigenvalue weighted by Gasteiger charge is 2.09. The predicted molar refractivity (Wildman–Crippen MR) is 78.6 cm³/mol. The summed E-state index contributed by atoms with van der Waals surface area (Å²) < 4.78 is 1.26. The second-order valence-corrected chi connectivity index (χ2v) is 6.17. The van der Waals surface area contributed by atoms with Crippen molar-refractivity contribution in [2.24, 2.45) is 0 Å². The minimum absolute atomic E-state index is 0.293. The number of carbonyl (C=O) groups excluding carboxylic acids is 1. The molecular formula is C15H12OS2. The topological polar surface area (TPSA) is 17.1 Å². The van der Waals surface area contributed by atoms with Gasteiger partial charge in [-0.3, -0.25) is 4.79 Å². The van der Waals surface area contributed by atoms with E-state index in [2.05, 4.69) is 17.5 Å². The molecule has 0 radical (unpaired) electrons.